The van der Waals surface area contributed by atoms with Crippen molar-refractivity contribution in [1.82, 2.24) is 5.32 Å². The monoisotopic (exact) mass is 327 g/mol. The molecule has 0 radical (unpaired) electrons. The summed E-state index contributed by atoms with van der Waals surface area (Å²) in [6, 6.07) is 14.4. The average Bonchev–Trinajstić information content (AvgIpc) is 2.64. The Kier molecular flexibility index (Phi) is 4.96. The number of ketones is 1. The van der Waals surface area contributed by atoms with Gasteiger partial charge in [-0.25, -0.2) is 4.79 Å². The first-order valence-electron chi connectivity index (χ1n) is 7.60. The number of carbonyl (C=O) groups is 2. The van der Waals surface area contributed by atoms with Gasteiger partial charge in [-0.05, 0) is 17.7 Å². The largest absolute Gasteiger partial charge is 0.486 e. The number of hydrogen-bond donors (Lipinski definition) is 1. The fourth-order valence-corrected chi connectivity index (χ4v) is 2.32. The molecule has 6 heteroatoms. The van der Waals surface area contributed by atoms with Gasteiger partial charge >= 0.3 is 6.09 Å². The Bertz CT molecular complexity index is 729. The van der Waals surface area contributed by atoms with E-state index in [1.54, 1.807) is 18.2 Å². The number of nitrogens with one attached hydrogen (secondary N) is 1. The summed E-state index contributed by atoms with van der Waals surface area (Å²) in [6.45, 7) is 0.824. The minimum absolute atomic E-state index is 0.151. The number of benzene rings is 2. The standard InChI is InChI=1S/C18H17NO5/c20-15(14-7-4-8-16-17(14)23-10-9-22-16)11-19-18(21)24-12-13-5-2-1-3-6-13/h1-8H,9-12H2,(H,19,21). The SMILES string of the molecule is O=C(NCC(=O)c1cccc2c1OCCO2)OCc1ccccc1. The molecule has 1 amide bonds. The van der Waals surface area contributed by atoms with Crippen molar-refractivity contribution >= 4 is 11.9 Å². The van der Waals surface area contributed by atoms with Gasteiger partial charge in [0, 0.05) is 0 Å². The van der Waals surface area contributed by atoms with Crippen molar-refractivity contribution in [1.29, 1.82) is 0 Å². The molecule has 2 aromatic carbocycles. The number of carbonyl (C=O) groups excluding carboxylic acids is 2. The summed E-state index contributed by atoms with van der Waals surface area (Å²) in [5.41, 5.74) is 1.26. The molecule has 2 aromatic rings. The lowest BCUT2D eigenvalue weighted by atomic mass is 10.1. The van der Waals surface area contributed by atoms with E-state index < -0.39 is 6.09 Å². The average molecular weight is 327 g/mol. The second-order valence-corrected chi connectivity index (χ2v) is 5.17. The fourth-order valence-electron chi connectivity index (χ4n) is 2.32. The first kappa shape index (κ1) is 15.9. The van der Waals surface area contributed by atoms with E-state index in [0.717, 1.165) is 5.56 Å². The van der Waals surface area contributed by atoms with Gasteiger partial charge in [0.05, 0.1) is 12.1 Å². The Morgan fingerprint density at radius 3 is 2.62 bits per heavy atom. The first-order valence-corrected chi connectivity index (χ1v) is 7.60. The molecule has 24 heavy (non-hydrogen) atoms. The highest BCUT2D eigenvalue weighted by atomic mass is 16.6. The van der Waals surface area contributed by atoms with Crippen molar-refractivity contribution in [3.05, 3.63) is 59.7 Å². The van der Waals surface area contributed by atoms with Gasteiger partial charge in [-0.15, -0.1) is 0 Å². The zero-order chi connectivity index (χ0) is 16.8. The van der Waals surface area contributed by atoms with Gasteiger partial charge in [0.25, 0.3) is 0 Å². The lowest BCUT2D eigenvalue weighted by Crippen LogP contribution is -2.30. The summed E-state index contributed by atoms with van der Waals surface area (Å²) in [7, 11) is 0. The molecule has 124 valence electrons. The Labute approximate surface area is 139 Å². The highest BCUT2D eigenvalue weighted by molar-refractivity contribution is 6.01. The number of ether oxygens (including phenoxy) is 3. The molecule has 3 rings (SSSR count). The first-order chi connectivity index (χ1) is 11.7. The summed E-state index contributed by atoms with van der Waals surface area (Å²) in [5, 5.41) is 2.45. The molecule has 0 atom stereocenters. The van der Waals surface area contributed by atoms with E-state index in [9.17, 15) is 9.59 Å². The van der Waals surface area contributed by atoms with Crippen molar-refractivity contribution in [2.75, 3.05) is 19.8 Å². The van der Waals surface area contributed by atoms with Gasteiger partial charge in [-0.3, -0.25) is 4.79 Å². The molecule has 1 aliphatic rings. The number of Topliss-reactive ketones (excluding diaryl/α,β-unsaturated/α-hetero) is 1. The second-order valence-electron chi connectivity index (χ2n) is 5.17. The summed E-state index contributed by atoms with van der Waals surface area (Å²) in [4.78, 5) is 24.0. The molecule has 0 aliphatic carbocycles. The van der Waals surface area contributed by atoms with Gasteiger partial charge in [-0.1, -0.05) is 36.4 Å². The summed E-state index contributed by atoms with van der Waals surface area (Å²) in [5.74, 6) is 0.695. The molecule has 0 fully saturated rings. The normalized spacial score (nSPS) is 12.3. The topological polar surface area (TPSA) is 73.9 Å². The van der Waals surface area contributed by atoms with Gasteiger partial charge in [-0.2, -0.15) is 0 Å². The molecule has 6 nitrogen and oxygen atoms in total. The van der Waals surface area contributed by atoms with E-state index in [1.165, 1.54) is 0 Å². The second kappa shape index (κ2) is 7.50. The van der Waals surface area contributed by atoms with Gasteiger partial charge in [0.2, 0.25) is 0 Å². The molecule has 0 spiro atoms. The number of para-hydroxylation sites is 1. The highest BCUT2D eigenvalue weighted by Crippen LogP contribution is 2.33. The Morgan fingerprint density at radius 1 is 1.00 bits per heavy atom. The zero-order valence-electron chi connectivity index (χ0n) is 13.0. The summed E-state index contributed by atoms with van der Waals surface area (Å²) >= 11 is 0. The highest BCUT2D eigenvalue weighted by Gasteiger charge is 2.20. The van der Waals surface area contributed by atoms with Crippen LogP contribution >= 0.6 is 0 Å². The van der Waals surface area contributed by atoms with E-state index in [4.69, 9.17) is 14.2 Å². The summed E-state index contributed by atoms with van der Waals surface area (Å²) < 4.78 is 16.0. The third-order valence-electron chi connectivity index (χ3n) is 3.47. The van der Waals surface area contributed by atoms with Crippen LogP contribution in [0.25, 0.3) is 0 Å². The number of rotatable bonds is 5. The molecule has 1 aliphatic heterocycles. The molecule has 1 N–H and O–H groups in total. The minimum atomic E-state index is -0.644. The molecule has 0 unspecified atom stereocenters. The van der Waals surface area contributed by atoms with Crippen molar-refractivity contribution in [2.24, 2.45) is 0 Å². The fraction of sp³-hybridized carbons (Fsp3) is 0.222. The van der Waals surface area contributed by atoms with Crippen LogP contribution in [-0.2, 0) is 11.3 Å². The van der Waals surface area contributed by atoms with Gasteiger partial charge in [0.1, 0.15) is 19.8 Å². The van der Waals surface area contributed by atoms with E-state index in [0.29, 0.717) is 30.3 Å². The van der Waals surface area contributed by atoms with Crippen LogP contribution in [0.3, 0.4) is 0 Å². The van der Waals surface area contributed by atoms with Gasteiger partial charge < -0.3 is 19.5 Å². The van der Waals surface area contributed by atoms with Gasteiger partial charge in [0.15, 0.2) is 17.3 Å². The number of alkyl carbamates (subject to hydrolysis) is 1. The molecular weight excluding hydrogens is 310 g/mol. The van der Waals surface area contributed by atoms with E-state index in [-0.39, 0.29) is 18.9 Å². The lowest BCUT2D eigenvalue weighted by molar-refractivity contribution is 0.0963. The smallest absolute Gasteiger partial charge is 0.407 e. The third kappa shape index (κ3) is 3.84. The molecule has 0 bridgehead atoms. The Hall–Kier alpha value is -3.02. The van der Waals surface area contributed by atoms with E-state index in [2.05, 4.69) is 5.32 Å². The van der Waals surface area contributed by atoms with Crippen molar-refractivity contribution in [3.63, 3.8) is 0 Å². The zero-order valence-corrected chi connectivity index (χ0v) is 13.0. The van der Waals surface area contributed by atoms with E-state index >= 15 is 0 Å². The maximum absolute atomic E-state index is 12.3. The molecular formula is C18H17NO5. The predicted octanol–water partition coefficient (Wildman–Crippen LogP) is 2.57. The molecule has 0 aromatic heterocycles. The minimum Gasteiger partial charge on any atom is -0.486 e. The van der Waals surface area contributed by atoms with Crippen molar-refractivity contribution in [3.8, 4) is 11.5 Å². The van der Waals surface area contributed by atoms with Crippen LogP contribution in [0.1, 0.15) is 15.9 Å². The number of amides is 1. The maximum atomic E-state index is 12.3. The van der Waals surface area contributed by atoms with Crippen LogP contribution in [0.5, 0.6) is 11.5 Å². The predicted molar refractivity (Wildman–Crippen MR) is 86.4 cm³/mol. The Balaban J connectivity index is 1.53. The van der Waals surface area contributed by atoms with Crippen LogP contribution in [0, 0.1) is 0 Å². The van der Waals surface area contributed by atoms with Crippen molar-refractivity contribution in [2.45, 2.75) is 6.61 Å². The quantitative estimate of drug-likeness (QED) is 0.855. The Morgan fingerprint density at radius 2 is 1.79 bits per heavy atom. The van der Waals surface area contributed by atoms with Crippen LogP contribution in [0.2, 0.25) is 0 Å². The molecule has 0 saturated carbocycles. The van der Waals surface area contributed by atoms with Crippen LogP contribution in [-0.4, -0.2) is 31.6 Å². The number of fused-ring (bicyclic) bond motifs is 1. The van der Waals surface area contributed by atoms with Crippen LogP contribution in [0.15, 0.2) is 48.5 Å². The number of hydrogen-bond acceptors (Lipinski definition) is 5. The molecule has 1 heterocycles. The third-order valence-corrected chi connectivity index (χ3v) is 3.47. The maximum Gasteiger partial charge on any atom is 0.407 e. The van der Waals surface area contributed by atoms with Crippen molar-refractivity contribution < 1.29 is 23.8 Å². The van der Waals surface area contributed by atoms with Crippen LogP contribution in [0.4, 0.5) is 4.79 Å². The summed E-state index contributed by atoms with van der Waals surface area (Å²) in [6.07, 6.45) is -0.644. The molecule has 0 saturated heterocycles. The van der Waals surface area contributed by atoms with Crippen LogP contribution < -0.4 is 14.8 Å². The lowest BCUT2D eigenvalue weighted by Gasteiger charge is -2.20. The van der Waals surface area contributed by atoms with E-state index in [1.807, 2.05) is 30.3 Å².